The fourth-order valence-corrected chi connectivity index (χ4v) is 1.23. The van der Waals surface area contributed by atoms with E-state index in [-0.39, 0.29) is 5.60 Å². The van der Waals surface area contributed by atoms with Gasteiger partial charge in [0.05, 0.1) is 7.11 Å². The van der Waals surface area contributed by atoms with E-state index < -0.39 is 0 Å². The highest BCUT2D eigenvalue weighted by Gasteiger charge is 2.23. The van der Waals surface area contributed by atoms with Gasteiger partial charge in [0.15, 0.2) is 11.5 Å². The van der Waals surface area contributed by atoms with Crippen LogP contribution in [0.4, 0.5) is 0 Å². The van der Waals surface area contributed by atoms with E-state index in [1.165, 1.54) is 0 Å². The molecule has 1 unspecified atom stereocenters. The summed E-state index contributed by atoms with van der Waals surface area (Å²) in [5, 5.41) is 0. The van der Waals surface area contributed by atoms with Crippen molar-refractivity contribution in [2.75, 3.05) is 13.7 Å². The predicted molar refractivity (Wildman–Crippen MR) is 61.4 cm³/mol. The number of benzene rings is 1. The highest BCUT2D eigenvalue weighted by atomic mass is 16.5. The Balaban J connectivity index is 2.87. The quantitative estimate of drug-likeness (QED) is 0.808. The summed E-state index contributed by atoms with van der Waals surface area (Å²) < 4.78 is 11.1. The molecule has 0 aliphatic carbocycles. The molecule has 1 rings (SSSR count). The third-order valence-corrected chi connectivity index (χ3v) is 2.61. The standard InChI is InChI=1S/C12H19NO2/c1-4-12(2,9-13)15-11-8-6-5-7-10(11)14-3/h5-8H,4,9,13H2,1-3H3. The molecule has 0 saturated carbocycles. The molecule has 3 nitrogen and oxygen atoms in total. The first-order valence-corrected chi connectivity index (χ1v) is 5.17. The Morgan fingerprint density at radius 3 is 2.33 bits per heavy atom. The molecular formula is C12H19NO2. The molecule has 0 saturated heterocycles. The summed E-state index contributed by atoms with van der Waals surface area (Å²) in [5.41, 5.74) is 5.37. The number of hydrogen-bond acceptors (Lipinski definition) is 3. The Bertz CT molecular complexity index is 308. The minimum atomic E-state index is -0.325. The van der Waals surface area contributed by atoms with E-state index in [1.807, 2.05) is 31.2 Å². The summed E-state index contributed by atoms with van der Waals surface area (Å²) in [6.07, 6.45) is 0.863. The average Bonchev–Trinajstić information content (AvgIpc) is 2.29. The second kappa shape index (κ2) is 5.03. The van der Waals surface area contributed by atoms with Gasteiger partial charge in [0, 0.05) is 6.54 Å². The minimum Gasteiger partial charge on any atom is -0.493 e. The normalized spacial score (nSPS) is 14.4. The molecular weight excluding hydrogens is 190 g/mol. The number of para-hydroxylation sites is 2. The summed E-state index contributed by atoms with van der Waals surface area (Å²) in [6.45, 7) is 4.54. The number of hydrogen-bond donors (Lipinski definition) is 1. The Kier molecular flexibility index (Phi) is 3.97. The van der Waals surface area contributed by atoms with E-state index in [1.54, 1.807) is 7.11 Å². The van der Waals surface area contributed by atoms with E-state index in [2.05, 4.69) is 6.92 Å². The molecule has 15 heavy (non-hydrogen) atoms. The lowest BCUT2D eigenvalue weighted by Crippen LogP contribution is -2.39. The first-order valence-electron chi connectivity index (χ1n) is 5.17. The van der Waals surface area contributed by atoms with Crippen LogP contribution in [0, 0.1) is 0 Å². The zero-order valence-corrected chi connectivity index (χ0v) is 9.62. The molecule has 1 aromatic rings. The van der Waals surface area contributed by atoms with Gasteiger partial charge in [-0.2, -0.15) is 0 Å². The van der Waals surface area contributed by atoms with Crippen LogP contribution < -0.4 is 15.2 Å². The smallest absolute Gasteiger partial charge is 0.162 e. The molecule has 0 radical (unpaired) electrons. The molecule has 2 N–H and O–H groups in total. The fourth-order valence-electron chi connectivity index (χ4n) is 1.23. The van der Waals surface area contributed by atoms with Gasteiger partial charge in [0.1, 0.15) is 5.60 Å². The van der Waals surface area contributed by atoms with Crippen LogP contribution >= 0.6 is 0 Å². The second-order valence-corrected chi connectivity index (χ2v) is 3.76. The van der Waals surface area contributed by atoms with Gasteiger partial charge in [0.2, 0.25) is 0 Å². The molecule has 0 heterocycles. The van der Waals surface area contributed by atoms with Gasteiger partial charge in [-0.1, -0.05) is 19.1 Å². The van der Waals surface area contributed by atoms with E-state index in [0.29, 0.717) is 6.54 Å². The van der Waals surface area contributed by atoms with Gasteiger partial charge in [-0.15, -0.1) is 0 Å². The Hall–Kier alpha value is -1.22. The van der Waals surface area contributed by atoms with Crippen LogP contribution in [-0.4, -0.2) is 19.3 Å². The summed E-state index contributed by atoms with van der Waals surface area (Å²) >= 11 is 0. The molecule has 84 valence electrons. The van der Waals surface area contributed by atoms with E-state index >= 15 is 0 Å². The lowest BCUT2D eigenvalue weighted by molar-refractivity contribution is 0.0896. The first kappa shape index (κ1) is 11.9. The molecule has 1 atom stereocenters. The Morgan fingerprint density at radius 1 is 1.27 bits per heavy atom. The predicted octanol–water partition coefficient (Wildman–Crippen LogP) is 2.20. The van der Waals surface area contributed by atoms with Crippen molar-refractivity contribution in [3.63, 3.8) is 0 Å². The highest BCUT2D eigenvalue weighted by Crippen LogP contribution is 2.30. The SMILES string of the molecule is CCC(C)(CN)Oc1ccccc1OC. The van der Waals surface area contributed by atoms with Gasteiger partial charge in [0.25, 0.3) is 0 Å². The molecule has 3 heteroatoms. The number of rotatable bonds is 5. The third kappa shape index (κ3) is 2.86. The fraction of sp³-hybridized carbons (Fsp3) is 0.500. The van der Waals surface area contributed by atoms with Crippen LogP contribution in [0.5, 0.6) is 11.5 Å². The molecule has 0 bridgehead atoms. The van der Waals surface area contributed by atoms with Gasteiger partial charge >= 0.3 is 0 Å². The van der Waals surface area contributed by atoms with Gasteiger partial charge in [-0.05, 0) is 25.5 Å². The van der Waals surface area contributed by atoms with Crippen molar-refractivity contribution in [3.8, 4) is 11.5 Å². The van der Waals surface area contributed by atoms with E-state index in [4.69, 9.17) is 15.2 Å². The minimum absolute atomic E-state index is 0.325. The molecule has 0 aromatic heterocycles. The third-order valence-electron chi connectivity index (χ3n) is 2.61. The van der Waals surface area contributed by atoms with Crippen molar-refractivity contribution >= 4 is 0 Å². The van der Waals surface area contributed by atoms with Crippen LogP contribution in [0.2, 0.25) is 0 Å². The summed E-state index contributed by atoms with van der Waals surface area (Å²) in [4.78, 5) is 0. The number of ether oxygens (including phenoxy) is 2. The maximum Gasteiger partial charge on any atom is 0.162 e. The molecule has 0 aliphatic rings. The van der Waals surface area contributed by atoms with Gasteiger partial charge in [-0.25, -0.2) is 0 Å². The molecule has 0 spiro atoms. The topological polar surface area (TPSA) is 44.5 Å². The van der Waals surface area contributed by atoms with Crippen molar-refractivity contribution in [2.45, 2.75) is 25.9 Å². The monoisotopic (exact) mass is 209 g/mol. The second-order valence-electron chi connectivity index (χ2n) is 3.76. The summed E-state index contributed by atoms with van der Waals surface area (Å²) in [5.74, 6) is 1.49. The maximum atomic E-state index is 5.87. The van der Waals surface area contributed by atoms with Crippen molar-refractivity contribution in [2.24, 2.45) is 5.73 Å². The van der Waals surface area contributed by atoms with Crippen LogP contribution in [0.15, 0.2) is 24.3 Å². The molecule has 0 amide bonds. The average molecular weight is 209 g/mol. The highest BCUT2D eigenvalue weighted by molar-refractivity contribution is 5.39. The largest absolute Gasteiger partial charge is 0.493 e. The van der Waals surface area contributed by atoms with Crippen LogP contribution in [-0.2, 0) is 0 Å². The van der Waals surface area contributed by atoms with Crippen LogP contribution in [0.1, 0.15) is 20.3 Å². The van der Waals surface area contributed by atoms with Gasteiger partial charge < -0.3 is 15.2 Å². The zero-order valence-electron chi connectivity index (χ0n) is 9.62. The Labute approximate surface area is 91.2 Å². The van der Waals surface area contributed by atoms with Crippen LogP contribution in [0.25, 0.3) is 0 Å². The number of nitrogens with two attached hydrogens (primary N) is 1. The van der Waals surface area contributed by atoms with Gasteiger partial charge in [-0.3, -0.25) is 0 Å². The maximum absolute atomic E-state index is 5.87. The van der Waals surface area contributed by atoms with Crippen molar-refractivity contribution < 1.29 is 9.47 Å². The summed E-state index contributed by atoms with van der Waals surface area (Å²) in [6, 6.07) is 7.60. The molecule has 0 fully saturated rings. The molecule has 1 aromatic carbocycles. The lowest BCUT2D eigenvalue weighted by Gasteiger charge is -2.28. The van der Waals surface area contributed by atoms with Crippen LogP contribution in [0.3, 0.4) is 0 Å². The zero-order chi connectivity index (χ0) is 11.3. The molecule has 0 aliphatic heterocycles. The van der Waals surface area contributed by atoms with E-state index in [9.17, 15) is 0 Å². The van der Waals surface area contributed by atoms with E-state index in [0.717, 1.165) is 17.9 Å². The first-order chi connectivity index (χ1) is 7.15. The van der Waals surface area contributed by atoms with Crippen molar-refractivity contribution in [3.05, 3.63) is 24.3 Å². The number of methoxy groups -OCH3 is 1. The Morgan fingerprint density at radius 2 is 1.87 bits per heavy atom. The summed E-state index contributed by atoms with van der Waals surface area (Å²) in [7, 11) is 1.63. The van der Waals surface area contributed by atoms with Crippen molar-refractivity contribution in [1.82, 2.24) is 0 Å². The lowest BCUT2D eigenvalue weighted by atomic mass is 10.0. The van der Waals surface area contributed by atoms with Crippen molar-refractivity contribution in [1.29, 1.82) is 0 Å².